The first-order chi connectivity index (χ1) is 9.58. The topological polar surface area (TPSA) is 26.3 Å². The molecule has 104 valence electrons. The molecule has 2 rings (SSSR count). The smallest absolute Gasteiger partial charge is 0.203 e. The molecule has 0 saturated carbocycles. The summed E-state index contributed by atoms with van der Waals surface area (Å²) in [7, 11) is 0. The van der Waals surface area contributed by atoms with Gasteiger partial charge in [-0.3, -0.25) is 4.79 Å². The number of ether oxygens (including phenoxy) is 1. The zero-order valence-electron chi connectivity index (χ0n) is 11.6. The van der Waals surface area contributed by atoms with Crippen LogP contribution in [0.25, 0.3) is 0 Å². The van der Waals surface area contributed by atoms with Crippen molar-refractivity contribution in [1.29, 1.82) is 0 Å². The van der Waals surface area contributed by atoms with Crippen LogP contribution >= 0.6 is 0 Å². The van der Waals surface area contributed by atoms with Crippen LogP contribution in [0.2, 0.25) is 0 Å². The number of hydrogen-bond donors (Lipinski definition) is 0. The van der Waals surface area contributed by atoms with Crippen LogP contribution in [0.5, 0.6) is 5.75 Å². The lowest BCUT2D eigenvalue weighted by Gasteiger charge is -2.09. The molecule has 0 aliphatic rings. The molecule has 2 aromatic rings. The van der Waals surface area contributed by atoms with Gasteiger partial charge in [-0.1, -0.05) is 38.1 Å². The first-order valence-electron chi connectivity index (χ1n) is 6.58. The number of carbonyl (C=O) groups excluding carboxylic acids is 1. The zero-order valence-corrected chi connectivity index (χ0v) is 11.6. The molecule has 3 heteroatoms. The second-order valence-electron chi connectivity index (χ2n) is 4.92. The van der Waals surface area contributed by atoms with E-state index in [9.17, 15) is 9.18 Å². The zero-order chi connectivity index (χ0) is 14.5. The van der Waals surface area contributed by atoms with E-state index < -0.39 is 5.82 Å². The predicted molar refractivity (Wildman–Crippen MR) is 76.8 cm³/mol. The van der Waals surface area contributed by atoms with Gasteiger partial charge in [-0.25, -0.2) is 4.39 Å². The number of Topliss-reactive ketones (excluding diaryl/α,β-unsaturated/α-hetero) is 1. The number of ketones is 1. The van der Waals surface area contributed by atoms with Crippen molar-refractivity contribution in [3.8, 4) is 5.75 Å². The summed E-state index contributed by atoms with van der Waals surface area (Å²) in [5.74, 6) is 0.136. The third-order valence-electron chi connectivity index (χ3n) is 3.07. The standard InChI is InChI=1S/C17H17FO2/c1-12(2)13-6-5-7-14(10-13)20-11-17(19)15-8-3-4-9-16(15)18/h3-10,12H,11H2,1-2H3. The van der Waals surface area contributed by atoms with E-state index in [1.54, 1.807) is 18.2 Å². The van der Waals surface area contributed by atoms with E-state index in [1.807, 2.05) is 18.2 Å². The van der Waals surface area contributed by atoms with Crippen molar-refractivity contribution in [3.05, 3.63) is 65.5 Å². The number of halogens is 1. The quantitative estimate of drug-likeness (QED) is 0.762. The van der Waals surface area contributed by atoms with Crippen LogP contribution < -0.4 is 4.74 Å². The molecule has 0 aromatic heterocycles. The Hall–Kier alpha value is -2.16. The molecule has 0 saturated heterocycles. The summed E-state index contributed by atoms with van der Waals surface area (Å²) in [6.45, 7) is 4.01. The van der Waals surface area contributed by atoms with Crippen molar-refractivity contribution in [2.75, 3.05) is 6.61 Å². The van der Waals surface area contributed by atoms with Crippen molar-refractivity contribution < 1.29 is 13.9 Å². The van der Waals surface area contributed by atoms with Gasteiger partial charge in [0.1, 0.15) is 11.6 Å². The van der Waals surface area contributed by atoms with E-state index in [0.29, 0.717) is 11.7 Å². The van der Waals surface area contributed by atoms with Crippen LogP contribution in [0, 0.1) is 5.82 Å². The first kappa shape index (κ1) is 14.3. The number of rotatable bonds is 5. The molecule has 0 spiro atoms. The molecule has 0 radical (unpaired) electrons. The molecular formula is C17H17FO2. The molecule has 0 fully saturated rings. The minimum atomic E-state index is -0.517. The van der Waals surface area contributed by atoms with Gasteiger partial charge in [-0.15, -0.1) is 0 Å². The Morgan fingerprint density at radius 3 is 2.60 bits per heavy atom. The Balaban J connectivity index is 2.04. The van der Waals surface area contributed by atoms with E-state index in [0.717, 1.165) is 5.56 Å². The van der Waals surface area contributed by atoms with Gasteiger partial charge < -0.3 is 4.74 Å². The third kappa shape index (κ3) is 3.44. The number of benzene rings is 2. The van der Waals surface area contributed by atoms with Gasteiger partial charge in [-0.2, -0.15) is 0 Å². The summed E-state index contributed by atoms with van der Waals surface area (Å²) >= 11 is 0. The monoisotopic (exact) mass is 272 g/mol. The molecule has 0 unspecified atom stereocenters. The number of carbonyl (C=O) groups is 1. The van der Waals surface area contributed by atoms with Gasteiger partial charge in [0.15, 0.2) is 6.61 Å². The van der Waals surface area contributed by atoms with Gasteiger partial charge in [-0.05, 0) is 35.7 Å². The molecule has 0 aliphatic heterocycles. The molecular weight excluding hydrogens is 255 g/mol. The van der Waals surface area contributed by atoms with Gasteiger partial charge >= 0.3 is 0 Å². The van der Waals surface area contributed by atoms with Gasteiger partial charge in [0, 0.05) is 0 Å². The molecule has 0 atom stereocenters. The molecule has 0 bridgehead atoms. The summed E-state index contributed by atoms with van der Waals surface area (Å²) in [6, 6.07) is 13.5. The van der Waals surface area contributed by atoms with Crippen LogP contribution in [0.3, 0.4) is 0 Å². The number of hydrogen-bond acceptors (Lipinski definition) is 2. The van der Waals surface area contributed by atoms with E-state index in [-0.39, 0.29) is 18.0 Å². The fourth-order valence-corrected chi connectivity index (χ4v) is 1.88. The molecule has 0 aliphatic carbocycles. The maximum Gasteiger partial charge on any atom is 0.203 e. The highest BCUT2D eigenvalue weighted by molar-refractivity contribution is 5.97. The first-order valence-corrected chi connectivity index (χ1v) is 6.58. The van der Waals surface area contributed by atoms with E-state index in [4.69, 9.17) is 4.74 Å². The minimum Gasteiger partial charge on any atom is -0.485 e. The van der Waals surface area contributed by atoms with Crippen LogP contribution in [-0.2, 0) is 0 Å². The van der Waals surface area contributed by atoms with Crippen molar-refractivity contribution in [3.63, 3.8) is 0 Å². The Morgan fingerprint density at radius 1 is 1.15 bits per heavy atom. The Kier molecular flexibility index (Phi) is 4.51. The highest BCUT2D eigenvalue weighted by atomic mass is 19.1. The van der Waals surface area contributed by atoms with Gasteiger partial charge in [0.2, 0.25) is 5.78 Å². The molecule has 0 heterocycles. The van der Waals surface area contributed by atoms with Crippen LogP contribution in [-0.4, -0.2) is 12.4 Å². The van der Waals surface area contributed by atoms with Crippen molar-refractivity contribution in [1.82, 2.24) is 0 Å². The highest BCUT2D eigenvalue weighted by Gasteiger charge is 2.11. The summed E-state index contributed by atoms with van der Waals surface area (Å²) in [6.07, 6.45) is 0. The predicted octanol–water partition coefficient (Wildman–Crippen LogP) is 4.21. The summed E-state index contributed by atoms with van der Waals surface area (Å²) in [4.78, 5) is 11.9. The fraction of sp³-hybridized carbons (Fsp3) is 0.235. The fourth-order valence-electron chi connectivity index (χ4n) is 1.88. The van der Waals surface area contributed by atoms with Crippen LogP contribution in [0.4, 0.5) is 4.39 Å². The summed E-state index contributed by atoms with van der Waals surface area (Å²) in [5, 5.41) is 0. The maximum absolute atomic E-state index is 13.5. The molecule has 2 aromatic carbocycles. The average molecular weight is 272 g/mol. The van der Waals surface area contributed by atoms with Crippen molar-refractivity contribution >= 4 is 5.78 Å². The van der Waals surface area contributed by atoms with Crippen molar-refractivity contribution in [2.24, 2.45) is 0 Å². The second-order valence-corrected chi connectivity index (χ2v) is 4.92. The Labute approximate surface area is 118 Å². The van der Waals surface area contributed by atoms with Crippen molar-refractivity contribution in [2.45, 2.75) is 19.8 Å². The maximum atomic E-state index is 13.5. The largest absolute Gasteiger partial charge is 0.485 e. The minimum absolute atomic E-state index is 0.0625. The van der Waals surface area contributed by atoms with Crippen LogP contribution in [0.15, 0.2) is 48.5 Å². The van der Waals surface area contributed by atoms with E-state index in [2.05, 4.69) is 13.8 Å². The summed E-state index contributed by atoms with van der Waals surface area (Å²) in [5.41, 5.74) is 1.20. The van der Waals surface area contributed by atoms with Crippen LogP contribution in [0.1, 0.15) is 35.7 Å². The lowest BCUT2D eigenvalue weighted by molar-refractivity contribution is 0.0917. The lowest BCUT2D eigenvalue weighted by Crippen LogP contribution is -2.13. The molecule has 0 N–H and O–H groups in total. The highest BCUT2D eigenvalue weighted by Crippen LogP contribution is 2.20. The third-order valence-corrected chi connectivity index (χ3v) is 3.07. The Bertz CT molecular complexity index is 605. The molecule has 2 nitrogen and oxygen atoms in total. The summed E-state index contributed by atoms with van der Waals surface area (Å²) < 4.78 is 18.9. The van der Waals surface area contributed by atoms with Gasteiger partial charge in [0.25, 0.3) is 0 Å². The normalized spacial score (nSPS) is 10.6. The Morgan fingerprint density at radius 2 is 1.90 bits per heavy atom. The van der Waals surface area contributed by atoms with Gasteiger partial charge in [0.05, 0.1) is 5.56 Å². The SMILES string of the molecule is CC(C)c1cccc(OCC(=O)c2ccccc2F)c1. The van der Waals surface area contributed by atoms with E-state index >= 15 is 0 Å². The molecule has 0 amide bonds. The second kappa shape index (κ2) is 6.33. The van der Waals surface area contributed by atoms with E-state index in [1.165, 1.54) is 12.1 Å². The lowest BCUT2D eigenvalue weighted by atomic mass is 10.0. The molecule has 20 heavy (non-hydrogen) atoms. The average Bonchev–Trinajstić information content (AvgIpc) is 2.45.